The number of hydrogen-bond acceptors (Lipinski definition) is 5. The number of nitrogens with one attached hydrogen (secondary N) is 2. The van der Waals surface area contributed by atoms with Crippen LogP contribution in [-0.4, -0.2) is 32.4 Å². The topological polar surface area (TPSA) is 72.0 Å². The Kier molecular flexibility index (Phi) is 6.65. The van der Waals surface area contributed by atoms with E-state index >= 15 is 0 Å². The zero-order chi connectivity index (χ0) is 18.2. The molecule has 0 aliphatic rings. The fraction of sp³-hybridized carbons (Fsp3) is 0.222. The number of amides is 1. The van der Waals surface area contributed by atoms with Gasteiger partial charge in [-0.05, 0) is 55.0 Å². The molecule has 2 aromatic rings. The fourth-order valence-corrected chi connectivity index (χ4v) is 2.19. The van der Waals surface area contributed by atoms with Gasteiger partial charge < -0.3 is 14.8 Å². The summed E-state index contributed by atoms with van der Waals surface area (Å²) in [5.74, 6) is 0.965. The van der Waals surface area contributed by atoms with Crippen LogP contribution in [-0.2, 0) is 4.79 Å². The highest BCUT2D eigenvalue weighted by atomic mass is 35.5. The molecule has 7 heteroatoms. The van der Waals surface area contributed by atoms with Gasteiger partial charge in [0.25, 0.3) is 5.91 Å². The number of methoxy groups -OCH3 is 2. The average Bonchev–Trinajstić information content (AvgIpc) is 2.63. The molecule has 2 N–H and O–H groups in total. The zero-order valence-electron chi connectivity index (χ0n) is 14.2. The summed E-state index contributed by atoms with van der Waals surface area (Å²) < 4.78 is 10.4. The Morgan fingerprint density at radius 3 is 2.44 bits per heavy atom. The van der Waals surface area contributed by atoms with Crippen molar-refractivity contribution in [2.24, 2.45) is 5.10 Å². The van der Waals surface area contributed by atoms with E-state index in [0.29, 0.717) is 16.5 Å². The lowest BCUT2D eigenvalue weighted by Crippen LogP contribution is -2.34. The van der Waals surface area contributed by atoms with E-state index in [-0.39, 0.29) is 5.91 Å². The molecule has 0 bridgehead atoms. The van der Waals surface area contributed by atoms with Gasteiger partial charge in [-0.1, -0.05) is 11.6 Å². The van der Waals surface area contributed by atoms with Crippen molar-refractivity contribution in [1.82, 2.24) is 5.43 Å². The molecule has 0 aromatic heterocycles. The van der Waals surface area contributed by atoms with Gasteiger partial charge in [-0.15, -0.1) is 0 Å². The summed E-state index contributed by atoms with van der Waals surface area (Å²) in [4.78, 5) is 12.1. The molecule has 0 aliphatic heterocycles. The third-order valence-electron chi connectivity index (χ3n) is 3.42. The van der Waals surface area contributed by atoms with Crippen LogP contribution in [0.1, 0.15) is 12.5 Å². The van der Waals surface area contributed by atoms with Crippen molar-refractivity contribution in [1.29, 1.82) is 0 Å². The van der Waals surface area contributed by atoms with Crippen LogP contribution in [0.5, 0.6) is 11.5 Å². The summed E-state index contributed by atoms with van der Waals surface area (Å²) >= 11 is 5.84. The van der Waals surface area contributed by atoms with Crippen LogP contribution in [0.2, 0.25) is 5.02 Å². The molecule has 1 atom stereocenters. The van der Waals surface area contributed by atoms with Crippen molar-refractivity contribution in [3.8, 4) is 11.5 Å². The molecule has 0 fully saturated rings. The van der Waals surface area contributed by atoms with Crippen LogP contribution in [0.15, 0.2) is 47.6 Å². The van der Waals surface area contributed by atoms with Gasteiger partial charge in [0.2, 0.25) is 0 Å². The number of halogens is 1. The molecule has 0 saturated carbocycles. The molecule has 0 saturated heterocycles. The third-order valence-corrected chi connectivity index (χ3v) is 3.67. The quantitative estimate of drug-likeness (QED) is 0.586. The molecule has 0 heterocycles. The van der Waals surface area contributed by atoms with Crippen LogP contribution in [0.25, 0.3) is 0 Å². The molecule has 132 valence electrons. The minimum atomic E-state index is -0.455. The molecule has 0 radical (unpaired) electrons. The Morgan fingerprint density at radius 1 is 1.12 bits per heavy atom. The largest absolute Gasteiger partial charge is 0.493 e. The molecule has 6 nitrogen and oxygen atoms in total. The lowest BCUT2D eigenvalue weighted by atomic mass is 10.2. The van der Waals surface area contributed by atoms with E-state index in [9.17, 15) is 4.79 Å². The van der Waals surface area contributed by atoms with Gasteiger partial charge in [0.05, 0.1) is 20.4 Å². The number of carbonyl (C=O) groups excluding carboxylic acids is 1. The monoisotopic (exact) mass is 361 g/mol. The minimum Gasteiger partial charge on any atom is -0.493 e. The van der Waals surface area contributed by atoms with Gasteiger partial charge in [0.15, 0.2) is 11.5 Å². The summed E-state index contributed by atoms with van der Waals surface area (Å²) in [5, 5.41) is 7.68. The summed E-state index contributed by atoms with van der Waals surface area (Å²) in [6.07, 6.45) is 1.54. The molecule has 0 spiro atoms. The molecular weight excluding hydrogens is 342 g/mol. The first-order valence-electron chi connectivity index (χ1n) is 7.60. The summed E-state index contributed by atoms with van der Waals surface area (Å²) in [6, 6.07) is 12.0. The smallest absolute Gasteiger partial charge is 0.262 e. The Labute approximate surface area is 151 Å². The van der Waals surface area contributed by atoms with Gasteiger partial charge in [-0.3, -0.25) is 4.79 Å². The van der Waals surface area contributed by atoms with Gasteiger partial charge in [0.1, 0.15) is 6.04 Å². The highest BCUT2D eigenvalue weighted by Crippen LogP contribution is 2.26. The molecule has 2 rings (SSSR count). The number of anilines is 1. The second-order valence-corrected chi connectivity index (χ2v) is 5.66. The molecule has 1 amide bonds. The van der Waals surface area contributed by atoms with Crippen molar-refractivity contribution in [2.45, 2.75) is 13.0 Å². The standard InChI is InChI=1S/C18H20ClN3O3/c1-12(21-15-7-5-14(19)6-8-15)18(23)22-20-11-13-4-9-16(24-2)17(10-13)25-3/h4-12,21H,1-3H3,(H,22,23). The molecule has 1 unspecified atom stereocenters. The van der Waals surface area contributed by atoms with Gasteiger partial charge >= 0.3 is 0 Å². The van der Waals surface area contributed by atoms with Crippen LogP contribution >= 0.6 is 11.6 Å². The maximum atomic E-state index is 12.1. The number of benzene rings is 2. The van der Waals surface area contributed by atoms with Crippen LogP contribution < -0.4 is 20.2 Å². The summed E-state index contributed by atoms with van der Waals surface area (Å²) in [6.45, 7) is 1.75. The fourth-order valence-electron chi connectivity index (χ4n) is 2.06. The first kappa shape index (κ1) is 18.6. The molecular formula is C18H20ClN3O3. The van der Waals surface area contributed by atoms with Crippen molar-refractivity contribution in [2.75, 3.05) is 19.5 Å². The van der Waals surface area contributed by atoms with Crippen LogP contribution in [0.4, 0.5) is 5.69 Å². The highest BCUT2D eigenvalue weighted by molar-refractivity contribution is 6.30. The second-order valence-electron chi connectivity index (χ2n) is 5.22. The van der Waals surface area contributed by atoms with Crippen molar-refractivity contribution in [3.05, 3.63) is 53.1 Å². The normalized spacial score (nSPS) is 11.8. The maximum Gasteiger partial charge on any atom is 0.262 e. The summed E-state index contributed by atoms with van der Waals surface area (Å²) in [5.41, 5.74) is 4.07. The van der Waals surface area contributed by atoms with Crippen LogP contribution in [0, 0.1) is 0 Å². The number of carbonyl (C=O) groups is 1. The zero-order valence-corrected chi connectivity index (χ0v) is 15.0. The number of nitrogens with zero attached hydrogens (tertiary/aromatic N) is 1. The molecule has 2 aromatic carbocycles. The van der Waals surface area contributed by atoms with E-state index in [1.807, 2.05) is 6.07 Å². The Morgan fingerprint density at radius 2 is 1.80 bits per heavy atom. The Hall–Kier alpha value is -2.73. The minimum absolute atomic E-state index is 0.258. The lowest BCUT2D eigenvalue weighted by molar-refractivity contribution is -0.121. The number of hydrogen-bond donors (Lipinski definition) is 2. The van der Waals surface area contributed by atoms with Gasteiger partial charge in [0, 0.05) is 10.7 Å². The Balaban J connectivity index is 1.92. The van der Waals surface area contributed by atoms with E-state index in [0.717, 1.165) is 11.3 Å². The number of rotatable bonds is 7. The first-order valence-corrected chi connectivity index (χ1v) is 7.98. The number of ether oxygens (including phenoxy) is 2. The third kappa shape index (κ3) is 5.39. The summed E-state index contributed by atoms with van der Waals surface area (Å²) in [7, 11) is 3.13. The van der Waals surface area contributed by atoms with Crippen LogP contribution in [0.3, 0.4) is 0 Å². The van der Waals surface area contributed by atoms with E-state index in [4.69, 9.17) is 21.1 Å². The van der Waals surface area contributed by atoms with Gasteiger partial charge in [-0.2, -0.15) is 5.10 Å². The van der Waals surface area contributed by atoms with Crippen molar-refractivity contribution < 1.29 is 14.3 Å². The van der Waals surface area contributed by atoms with Crippen molar-refractivity contribution in [3.63, 3.8) is 0 Å². The lowest BCUT2D eigenvalue weighted by Gasteiger charge is -2.13. The number of hydrazone groups is 1. The van der Waals surface area contributed by atoms with E-state index < -0.39 is 6.04 Å². The van der Waals surface area contributed by atoms with E-state index in [1.165, 1.54) is 6.21 Å². The predicted octanol–water partition coefficient (Wildman–Crippen LogP) is 3.31. The van der Waals surface area contributed by atoms with Gasteiger partial charge in [-0.25, -0.2) is 5.43 Å². The molecule has 0 aliphatic carbocycles. The van der Waals surface area contributed by atoms with E-state index in [2.05, 4.69) is 15.8 Å². The first-order chi connectivity index (χ1) is 12.0. The second kappa shape index (κ2) is 8.94. The highest BCUT2D eigenvalue weighted by Gasteiger charge is 2.11. The predicted molar refractivity (Wildman–Crippen MR) is 99.8 cm³/mol. The Bertz CT molecular complexity index is 748. The SMILES string of the molecule is COc1ccc(C=NNC(=O)C(C)Nc2ccc(Cl)cc2)cc1OC. The van der Waals surface area contributed by atoms with E-state index in [1.54, 1.807) is 57.5 Å². The van der Waals surface area contributed by atoms with Crippen molar-refractivity contribution >= 4 is 29.4 Å². The maximum absolute atomic E-state index is 12.1. The average molecular weight is 362 g/mol. The molecule has 25 heavy (non-hydrogen) atoms.